The van der Waals surface area contributed by atoms with E-state index >= 15 is 0 Å². The third-order valence-corrected chi connectivity index (χ3v) is 3.25. The standard InChI is InChI=1S/C11H7ClN2OS/c1-6-13-8-3-2-7(4-10(8)15-6)9-5-16-11(12)14-9/h2-5H,1H3. The van der Waals surface area contributed by atoms with Crippen LogP contribution < -0.4 is 0 Å². The third kappa shape index (κ3) is 1.60. The molecule has 0 aliphatic heterocycles. The van der Waals surface area contributed by atoms with Crippen LogP contribution >= 0.6 is 22.9 Å². The molecule has 0 aliphatic carbocycles. The topological polar surface area (TPSA) is 38.9 Å². The number of benzene rings is 1. The monoisotopic (exact) mass is 250 g/mol. The predicted molar refractivity (Wildman–Crippen MR) is 64.9 cm³/mol. The summed E-state index contributed by atoms with van der Waals surface area (Å²) >= 11 is 7.22. The van der Waals surface area contributed by atoms with Crippen molar-refractivity contribution in [2.75, 3.05) is 0 Å². The maximum atomic E-state index is 5.80. The zero-order valence-electron chi connectivity index (χ0n) is 8.40. The van der Waals surface area contributed by atoms with Gasteiger partial charge in [0.05, 0.1) is 5.69 Å². The van der Waals surface area contributed by atoms with E-state index in [0.29, 0.717) is 10.4 Å². The SMILES string of the molecule is Cc1nc2ccc(-c3csc(Cl)n3)cc2o1. The fraction of sp³-hybridized carbons (Fsp3) is 0.0909. The van der Waals surface area contributed by atoms with Crippen molar-refractivity contribution in [2.45, 2.75) is 6.92 Å². The summed E-state index contributed by atoms with van der Waals surface area (Å²) in [6, 6.07) is 5.82. The van der Waals surface area contributed by atoms with Gasteiger partial charge in [0.1, 0.15) is 5.52 Å². The van der Waals surface area contributed by atoms with E-state index in [-0.39, 0.29) is 0 Å². The first-order chi connectivity index (χ1) is 7.72. The second-order valence-corrected chi connectivity index (χ2v) is 4.84. The van der Waals surface area contributed by atoms with Gasteiger partial charge in [-0.15, -0.1) is 11.3 Å². The highest BCUT2D eigenvalue weighted by Crippen LogP contribution is 2.27. The lowest BCUT2D eigenvalue weighted by molar-refractivity contribution is 0.561. The molecule has 3 nitrogen and oxygen atoms in total. The van der Waals surface area contributed by atoms with Crippen LogP contribution in [0, 0.1) is 6.92 Å². The molecule has 0 bridgehead atoms. The van der Waals surface area contributed by atoms with E-state index in [0.717, 1.165) is 22.4 Å². The molecule has 3 rings (SSSR count). The van der Waals surface area contributed by atoms with Gasteiger partial charge in [-0.25, -0.2) is 9.97 Å². The molecule has 2 aromatic heterocycles. The Hall–Kier alpha value is -1.39. The molecular formula is C11H7ClN2OS. The van der Waals surface area contributed by atoms with E-state index < -0.39 is 0 Å². The number of fused-ring (bicyclic) bond motifs is 1. The summed E-state index contributed by atoms with van der Waals surface area (Å²) in [7, 11) is 0. The van der Waals surface area contributed by atoms with Crippen LogP contribution in [-0.2, 0) is 0 Å². The summed E-state index contributed by atoms with van der Waals surface area (Å²) in [6.07, 6.45) is 0. The number of halogens is 1. The van der Waals surface area contributed by atoms with Gasteiger partial charge in [-0.05, 0) is 12.1 Å². The van der Waals surface area contributed by atoms with Gasteiger partial charge in [0.25, 0.3) is 0 Å². The van der Waals surface area contributed by atoms with Crippen LogP contribution in [0.25, 0.3) is 22.4 Å². The number of hydrogen-bond donors (Lipinski definition) is 0. The molecule has 0 atom stereocenters. The predicted octanol–water partition coefficient (Wildman–Crippen LogP) is 3.91. The van der Waals surface area contributed by atoms with Crippen molar-refractivity contribution in [1.29, 1.82) is 0 Å². The fourth-order valence-corrected chi connectivity index (χ4v) is 2.36. The van der Waals surface area contributed by atoms with Crippen LogP contribution in [0.1, 0.15) is 5.89 Å². The zero-order chi connectivity index (χ0) is 11.1. The molecule has 80 valence electrons. The molecule has 0 N–H and O–H groups in total. The van der Waals surface area contributed by atoms with E-state index in [9.17, 15) is 0 Å². The zero-order valence-corrected chi connectivity index (χ0v) is 9.97. The maximum absolute atomic E-state index is 5.80. The van der Waals surface area contributed by atoms with Crippen LogP contribution in [-0.4, -0.2) is 9.97 Å². The van der Waals surface area contributed by atoms with Gasteiger partial charge in [-0.1, -0.05) is 17.7 Å². The minimum Gasteiger partial charge on any atom is -0.441 e. The second-order valence-electron chi connectivity index (χ2n) is 3.40. The second kappa shape index (κ2) is 3.57. The van der Waals surface area contributed by atoms with Gasteiger partial charge in [0.15, 0.2) is 15.9 Å². The molecule has 0 saturated heterocycles. The van der Waals surface area contributed by atoms with E-state index in [2.05, 4.69) is 9.97 Å². The van der Waals surface area contributed by atoms with E-state index in [1.807, 2.05) is 30.5 Å². The van der Waals surface area contributed by atoms with Crippen molar-refractivity contribution in [3.05, 3.63) is 33.9 Å². The van der Waals surface area contributed by atoms with Crippen molar-refractivity contribution in [3.63, 3.8) is 0 Å². The summed E-state index contributed by atoms with van der Waals surface area (Å²) in [5.41, 5.74) is 3.50. The fourth-order valence-electron chi connectivity index (χ4n) is 1.58. The van der Waals surface area contributed by atoms with Crippen molar-refractivity contribution < 1.29 is 4.42 Å². The Morgan fingerprint density at radius 2 is 2.19 bits per heavy atom. The Balaban J connectivity index is 2.17. The van der Waals surface area contributed by atoms with Crippen LogP contribution in [0.5, 0.6) is 0 Å². The summed E-state index contributed by atoms with van der Waals surface area (Å²) in [6.45, 7) is 1.83. The maximum Gasteiger partial charge on any atom is 0.192 e. The Labute approximate surface area is 101 Å². The molecule has 5 heteroatoms. The number of nitrogens with zero attached hydrogens (tertiary/aromatic N) is 2. The first-order valence-corrected chi connectivity index (χ1v) is 5.97. The molecule has 3 aromatic rings. The highest BCUT2D eigenvalue weighted by molar-refractivity contribution is 7.14. The number of aryl methyl sites for hydroxylation is 1. The average Bonchev–Trinajstić information content (AvgIpc) is 2.81. The first-order valence-electron chi connectivity index (χ1n) is 4.71. The van der Waals surface area contributed by atoms with Crippen molar-refractivity contribution in [1.82, 2.24) is 9.97 Å². The van der Waals surface area contributed by atoms with Crippen LogP contribution in [0.4, 0.5) is 0 Å². The smallest absolute Gasteiger partial charge is 0.192 e. The van der Waals surface area contributed by atoms with Crippen molar-refractivity contribution >= 4 is 34.0 Å². The number of thiazole rings is 1. The average molecular weight is 251 g/mol. The normalized spacial score (nSPS) is 11.1. The molecule has 0 saturated carbocycles. The molecule has 0 aliphatic rings. The molecule has 0 amide bonds. The highest BCUT2D eigenvalue weighted by Gasteiger charge is 2.07. The van der Waals surface area contributed by atoms with E-state index in [4.69, 9.17) is 16.0 Å². The van der Waals surface area contributed by atoms with Crippen LogP contribution in [0.2, 0.25) is 4.47 Å². The number of rotatable bonds is 1. The van der Waals surface area contributed by atoms with E-state index in [1.165, 1.54) is 11.3 Å². The molecule has 0 unspecified atom stereocenters. The highest BCUT2D eigenvalue weighted by atomic mass is 35.5. The van der Waals surface area contributed by atoms with Crippen LogP contribution in [0.15, 0.2) is 28.0 Å². The molecule has 2 heterocycles. The minimum absolute atomic E-state index is 0.545. The molecule has 1 aromatic carbocycles. The van der Waals surface area contributed by atoms with Gasteiger partial charge < -0.3 is 4.42 Å². The molecule has 0 spiro atoms. The summed E-state index contributed by atoms with van der Waals surface area (Å²) < 4.78 is 6.01. The quantitative estimate of drug-likeness (QED) is 0.657. The first kappa shape index (κ1) is 9.81. The largest absolute Gasteiger partial charge is 0.441 e. The van der Waals surface area contributed by atoms with Crippen molar-refractivity contribution in [3.8, 4) is 11.3 Å². The van der Waals surface area contributed by atoms with Gasteiger partial charge in [0.2, 0.25) is 0 Å². The Morgan fingerprint density at radius 3 is 2.94 bits per heavy atom. The summed E-state index contributed by atoms with van der Waals surface area (Å²) in [5, 5.41) is 1.92. The number of oxazole rings is 1. The molecule has 0 fully saturated rings. The molecule has 0 radical (unpaired) electrons. The summed E-state index contributed by atoms with van der Waals surface area (Å²) in [5.74, 6) is 0.670. The van der Waals surface area contributed by atoms with Crippen LogP contribution in [0.3, 0.4) is 0 Å². The van der Waals surface area contributed by atoms with E-state index in [1.54, 1.807) is 0 Å². The van der Waals surface area contributed by atoms with Gasteiger partial charge in [-0.2, -0.15) is 0 Å². The van der Waals surface area contributed by atoms with Gasteiger partial charge in [-0.3, -0.25) is 0 Å². The lowest BCUT2D eigenvalue weighted by Crippen LogP contribution is -1.77. The van der Waals surface area contributed by atoms with Gasteiger partial charge in [0, 0.05) is 17.9 Å². The molecular weight excluding hydrogens is 244 g/mol. The van der Waals surface area contributed by atoms with Gasteiger partial charge >= 0.3 is 0 Å². The van der Waals surface area contributed by atoms with Crippen molar-refractivity contribution in [2.24, 2.45) is 0 Å². The molecule has 16 heavy (non-hydrogen) atoms. The Kier molecular flexibility index (Phi) is 2.19. The number of aromatic nitrogens is 2. The minimum atomic E-state index is 0.545. The summed E-state index contributed by atoms with van der Waals surface area (Å²) in [4.78, 5) is 8.46. The lowest BCUT2D eigenvalue weighted by atomic mass is 10.1. The number of hydrogen-bond acceptors (Lipinski definition) is 4. The third-order valence-electron chi connectivity index (χ3n) is 2.27. The lowest BCUT2D eigenvalue weighted by Gasteiger charge is -1.94. The Bertz CT molecular complexity index is 659. The Morgan fingerprint density at radius 1 is 1.31 bits per heavy atom.